The van der Waals surface area contributed by atoms with Crippen molar-refractivity contribution in [2.45, 2.75) is 5.92 Å². The van der Waals surface area contributed by atoms with Crippen LogP contribution in [0.3, 0.4) is 0 Å². The first-order valence-electron chi connectivity index (χ1n) is 17.9. The molecule has 0 fully saturated rings. The first-order valence-corrected chi connectivity index (χ1v) is 17.9. The molecule has 0 saturated carbocycles. The quantitative estimate of drug-likeness (QED) is 0.181. The van der Waals surface area contributed by atoms with Crippen molar-refractivity contribution in [3.05, 3.63) is 222 Å². The second-order valence-corrected chi connectivity index (χ2v) is 13.9. The summed E-state index contributed by atoms with van der Waals surface area (Å²) in [6.45, 7) is 0. The van der Waals surface area contributed by atoms with E-state index in [4.69, 9.17) is 0 Å². The molecule has 4 aliphatic rings. The lowest BCUT2D eigenvalue weighted by molar-refractivity contribution is 0.524. The Morgan fingerprint density at radius 2 is 1.06 bits per heavy atom. The number of hydrogen-bond acceptors (Lipinski definition) is 0. The van der Waals surface area contributed by atoms with Crippen molar-refractivity contribution in [2.75, 3.05) is 0 Å². The topological polar surface area (TPSA) is 0 Å². The predicted octanol–water partition coefficient (Wildman–Crippen LogP) is 12.8. The molecule has 0 nitrogen and oxygen atoms in total. The van der Waals surface area contributed by atoms with Gasteiger partial charge in [-0.2, -0.15) is 0 Å². The van der Waals surface area contributed by atoms with E-state index in [-0.39, 0.29) is 11.8 Å². The Morgan fingerprint density at radius 3 is 2.00 bits per heavy atom. The van der Waals surface area contributed by atoms with Crippen molar-refractivity contribution in [2.24, 2.45) is 17.8 Å². The zero-order valence-electron chi connectivity index (χ0n) is 27.8. The molecule has 6 aromatic rings. The maximum absolute atomic E-state index is 2.44. The minimum atomic E-state index is 0.270. The molecule has 0 spiro atoms. The van der Waals surface area contributed by atoms with Crippen LogP contribution in [0, 0.1) is 17.8 Å². The van der Waals surface area contributed by atoms with Gasteiger partial charge in [0.25, 0.3) is 0 Å². The summed E-state index contributed by atoms with van der Waals surface area (Å²) in [5.41, 5.74) is 13.4. The third-order valence-electron chi connectivity index (χ3n) is 11.3. The van der Waals surface area contributed by atoms with E-state index in [0.29, 0.717) is 11.8 Å². The molecular weight excluding hydrogens is 601 g/mol. The second-order valence-electron chi connectivity index (χ2n) is 13.9. The average molecular weight is 637 g/mol. The molecule has 0 saturated heterocycles. The third-order valence-corrected chi connectivity index (χ3v) is 11.3. The van der Waals surface area contributed by atoms with Gasteiger partial charge >= 0.3 is 0 Å². The molecule has 4 aliphatic carbocycles. The smallest absolute Gasteiger partial charge is 0.0167 e. The Morgan fingerprint density at radius 1 is 0.420 bits per heavy atom. The van der Waals surface area contributed by atoms with Gasteiger partial charge in [0.2, 0.25) is 0 Å². The molecule has 0 aliphatic heterocycles. The number of benzene rings is 6. The molecule has 4 atom stereocenters. The van der Waals surface area contributed by atoms with Gasteiger partial charge in [0.1, 0.15) is 0 Å². The largest absolute Gasteiger partial charge is 0.0767 e. The Hall–Kier alpha value is -5.98. The van der Waals surface area contributed by atoms with Crippen LogP contribution in [0.15, 0.2) is 205 Å². The highest BCUT2D eigenvalue weighted by molar-refractivity contribution is 6.09. The number of fused-ring (bicyclic) bond motifs is 5. The molecule has 4 unspecified atom stereocenters. The van der Waals surface area contributed by atoms with E-state index in [0.717, 1.165) is 0 Å². The van der Waals surface area contributed by atoms with E-state index in [2.05, 4.69) is 194 Å². The Labute approximate surface area is 294 Å². The summed E-state index contributed by atoms with van der Waals surface area (Å²) in [5.74, 6) is 1.36. The maximum Gasteiger partial charge on any atom is 0.0167 e. The van der Waals surface area contributed by atoms with Crippen LogP contribution in [0.2, 0.25) is 0 Å². The van der Waals surface area contributed by atoms with Crippen LogP contribution < -0.4 is 0 Å². The maximum atomic E-state index is 2.44. The van der Waals surface area contributed by atoms with Crippen molar-refractivity contribution in [3.8, 4) is 22.3 Å². The molecule has 0 heteroatoms. The molecule has 0 amide bonds. The van der Waals surface area contributed by atoms with Crippen LogP contribution in [0.5, 0.6) is 0 Å². The van der Waals surface area contributed by atoms with Crippen LogP contribution in [0.4, 0.5) is 0 Å². The van der Waals surface area contributed by atoms with Crippen LogP contribution in [0.25, 0.3) is 49.4 Å². The fraction of sp³-hybridized carbons (Fsp3) is 0.0800. The van der Waals surface area contributed by atoms with E-state index < -0.39 is 0 Å². The Kier molecular flexibility index (Phi) is 6.88. The molecule has 6 aromatic carbocycles. The summed E-state index contributed by atoms with van der Waals surface area (Å²) in [7, 11) is 0. The third kappa shape index (κ3) is 4.60. The summed E-state index contributed by atoms with van der Waals surface area (Å²) in [5, 5.41) is 5.10. The van der Waals surface area contributed by atoms with E-state index in [1.165, 1.54) is 77.2 Å². The van der Waals surface area contributed by atoms with Crippen molar-refractivity contribution >= 4 is 27.1 Å². The van der Waals surface area contributed by atoms with Crippen molar-refractivity contribution < 1.29 is 0 Å². The highest BCUT2D eigenvalue weighted by Crippen LogP contribution is 2.53. The second kappa shape index (κ2) is 11.9. The van der Waals surface area contributed by atoms with Gasteiger partial charge in [0, 0.05) is 23.7 Å². The molecule has 0 radical (unpaired) electrons. The fourth-order valence-electron chi connectivity index (χ4n) is 9.10. The number of allylic oxidation sites excluding steroid dienone is 13. The highest BCUT2D eigenvalue weighted by Gasteiger charge is 2.39. The summed E-state index contributed by atoms with van der Waals surface area (Å²) in [6.07, 6.45) is 25.5. The minimum Gasteiger partial charge on any atom is -0.0767 e. The van der Waals surface area contributed by atoms with Crippen molar-refractivity contribution in [1.29, 1.82) is 0 Å². The standard InChI is InChI=1S/C50H36/c1-3-20-37-33(14-1)16-12-28-41(37)43-31-30-39(40-22-5-6-23-42(40)43)35-18-11-19-36(32-35)49-45-24-7-9-26-47(45)50(48-27-10-8-25-46(48)49)44-29-13-17-34-15-2-4-21-38(34)44/h1-32,34,38,47,50H. The van der Waals surface area contributed by atoms with Crippen molar-refractivity contribution in [3.63, 3.8) is 0 Å². The average Bonchev–Trinajstić information content (AvgIpc) is 3.19. The highest BCUT2D eigenvalue weighted by atomic mass is 14.4. The normalized spacial score (nSPS) is 21.6. The minimum absolute atomic E-state index is 0.270. The zero-order chi connectivity index (χ0) is 33.0. The molecule has 50 heavy (non-hydrogen) atoms. The molecule has 0 heterocycles. The first kappa shape index (κ1) is 29.0. The molecule has 236 valence electrons. The lowest BCUT2D eigenvalue weighted by atomic mass is 9.62. The van der Waals surface area contributed by atoms with Crippen LogP contribution in [0.1, 0.15) is 22.6 Å². The Balaban J connectivity index is 1.12. The molecular formula is C50H36. The molecule has 0 aromatic heterocycles. The van der Waals surface area contributed by atoms with Gasteiger partial charge in [-0.05, 0) is 77.7 Å². The van der Waals surface area contributed by atoms with Gasteiger partial charge < -0.3 is 0 Å². The molecule has 10 rings (SSSR count). The van der Waals surface area contributed by atoms with Crippen LogP contribution in [-0.2, 0) is 0 Å². The van der Waals surface area contributed by atoms with E-state index in [1.807, 2.05) is 0 Å². The summed E-state index contributed by atoms with van der Waals surface area (Å²) in [4.78, 5) is 0. The zero-order valence-corrected chi connectivity index (χ0v) is 27.8. The van der Waals surface area contributed by atoms with Gasteiger partial charge in [0.15, 0.2) is 0 Å². The monoisotopic (exact) mass is 636 g/mol. The van der Waals surface area contributed by atoms with Gasteiger partial charge in [-0.3, -0.25) is 0 Å². The van der Waals surface area contributed by atoms with Crippen LogP contribution in [-0.4, -0.2) is 0 Å². The van der Waals surface area contributed by atoms with E-state index >= 15 is 0 Å². The Bertz CT molecular complexity index is 2550. The van der Waals surface area contributed by atoms with Gasteiger partial charge in [-0.15, -0.1) is 0 Å². The summed E-state index contributed by atoms with van der Waals surface area (Å²) in [6, 6.07) is 47.3. The predicted molar refractivity (Wildman–Crippen MR) is 212 cm³/mol. The molecule has 0 N–H and O–H groups in total. The lowest BCUT2D eigenvalue weighted by Crippen LogP contribution is -2.28. The van der Waals surface area contributed by atoms with Crippen LogP contribution >= 0.6 is 0 Å². The number of hydrogen-bond donors (Lipinski definition) is 0. The number of rotatable bonds is 4. The molecule has 0 bridgehead atoms. The van der Waals surface area contributed by atoms with Gasteiger partial charge in [0.05, 0.1) is 0 Å². The van der Waals surface area contributed by atoms with Crippen molar-refractivity contribution in [1.82, 2.24) is 0 Å². The fourth-order valence-corrected chi connectivity index (χ4v) is 9.10. The SMILES string of the molecule is C1=CC2=C(c3cccc(-c4ccc(-c5cccc6ccccc56)c5ccccc45)c3)c3ccccc3C(C3=CC=CC4C=CC=CC34)C2C=C1. The first-order chi connectivity index (χ1) is 24.8. The van der Waals surface area contributed by atoms with Gasteiger partial charge in [-0.25, -0.2) is 0 Å². The summed E-state index contributed by atoms with van der Waals surface area (Å²) < 4.78 is 0. The summed E-state index contributed by atoms with van der Waals surface area (Å²) >= 11 is 0. The van der Waals surface area contributed by atoms with E-state index in [9.17, 15) is 0 Å². The van der Waals surface area contributed by atoms with Gasteiger partial charge in [-0.1, -0.05) is 194 Å². The van der Waals surface area contributed by atoms with E-state index in [1.54, 1.807) is 0 Å². The lowest BCUT2D eigenvalue weighted by Gasteiger charge is -2.41.